The van der Waals surface area contributed by atoms with Gasteiger partial charge < -0.3 is 0 Å². The quantitative estimate of drug-likeness (QED) is 0.680. The van der Waals surface area contributed by atoms with Crippen molar-refractivity contribution >= 4 is 10.0 Å². The van der Waals surface area contributed by atoms with Gasteiger partial charge in [0.2, 0.25) is 10.0 Å². The van der Waals surface area contributed by atoms with Gasteiger partial charge in [-0.05, 0) is 48.5 Å². The van der Waals surface area contributed by atoms with Gasteiger partial charge in [-0.2, -0.15) is 18.3 Å². The molecule has 0 bridgehead atoms. The van der Waals surface area contributed by atoms with Crippen LogP contribution >= 0.6 is 0 Å². The Morgan fingerprint density at radius 2 is 1.59 bits per heavy atom. The molecule has 1 heterocycles. The van der Waals surface area contributed by atoms with Crippen LogP contribution in [0.2, 0.25) is 0 Å². The lowest BCUT2D eigenvalue weighted by Crippen LogP contribution is -2.12. The minimum Gasteiger partial charge on any atom is -0.232 e. The second-order valence-corrected chi connectivity index (χ2v) is 7.05. The number of aromatic nitrogens is 2. The van der Waals surface area contributed by atoms with Crippen molar-refractivity contribution in [3.63, 3.8) is 0 Å². The van der Waals surface area contributed by atoms with Crippen molar-refractivity contribution in [1.82, 2.24) is 9.78 Å². The van der Waals surface area contributed by atoms with E-state index >= 15 is 0 Å². The van der Waals surface area contributed by atoms with Crippen LogP contribution in [0.3, 0.4) is 0 Å². The van der Waals surface area contributed by atoms with Gasteiger partial charge in [-0.3, -0.25) is 0 Å². The summed E-state index contributed by atoms with van der Waals surface area (Å²) in [6, 6.07) is 7.33. The molecule has 0 amide bonds. The first-order valence-electron chi connectivity index (χ1n) is 7.23. The van der Waals surface area contributed by atoms with Gasteiger partial charge in [0.15, 0.2) is 5.69 Å². The maximum atomic E-state index is 14.1. The fourth-order valence-corrected chi connectivity index (χ4v) is 2.89. The van der Waals surface area contributed by atoms with E-state index in [1.165, 1.54) is 0 Å². The zero-order chi connectivity index (χ0) is 20.0. The van der Waals surface area contributed by atoms with Crippen molar-refractivity contribution in [3.8, 4) is 16.9 Å². The Bertz CT molecular complexity index is 1110. The SMILES string of the molecule is NS(=O)(=O)c1ccc(-n2nc(C(F)(F)F)cc2-c2cc(F)ccc2F)cc1. The minimum absolute atomic E-state index is 0.00318. The Morgan fingerprint density at radius 1 is 0.963 bits per heavy atom. The van der Waals surface area contributed by atoms with Gasteiger partial charge in [-0.1, -0.05) is 0 Å². The predicted octanol–water partition coefficient (Wildman–Crippen LogP) is 3.48. The topological polar surface area (TPSA) is 78.0 Å². The van der Waals surface area contributed by atoms with Crippen LogP contribution in [-0.2, 0) is 16.2 Å². The lowest BCUT2D eigenvalue weighted by Gasteiger charge is -2.09. The number of primary sulfonamides is 1. The van der Waals surface area contributed by atoms with Crippen LogP contribution in [0.1, 0.15) is 5.69 Å². The molecule has 0 saturated heterocycles. The van der Waals surface area contributed by atoms with E-state index in [1.54, 1.807) is 0 Å². The molecule has 1 aromatic heterocycles. The van der Waals surface area contributed by atoms with Crippen LogP contribution in [-0.4, -0.2) is 18.2 Å². The summed E-state index contributed by atoms with van der Waals surface area (Å²) in [7, 11) is -4.01. The van der Waals surface area contributed by atoms with Gasteiger partial charge in [-0.15, -0.1) is 0 Å². The van der Waals surface area contributed by atoms with E-state index in [9.17, 15) is 30.4 Å². The Balaban J connectivity index is 2.23. The highest BCUT2D eigenvalue weighted by molar-refractivity contribution is 7.89. The Hall–Kier alpha value is -2.79. The van der Waals surface area contributed by atoms with Crippen molar-refractivity contribution in [2.45, 2.75) is 11.1 Å². The maximum absolute atomic E-state index is 14.1. The predicted molar refractivity (Wildman–Crippen MR) is 85.3 cm³/mol. The van der Waals surface area contributed by atoms with E-state index in [0.29, 0.717) is 6.07 Å². The van der Waals surface area contributed by atoms with Crippen LogP contribution < -0.4 is 5.14 Å². The number of hydrogen-bond donors (Lipinski definition) is 1. The maximum Gasteiger partial charge on any atom is 0.435 e. The molecule has 27 heavy (non-hydrogen) atoms. The number of alkyl halides is 3. The first kappa shape index (κ1) is 19.0. The van der Waals surface area contributed by atoms with E-state index in [2.05, 4.69) is 5.10 Å². The van der Waals surface area contributed by atoms with Crippen molar-refractivity contribution < 1.29 is 30.4 Å². The fourth-order valence-electron chi connectivity index (χ4n) is 2.38. The molecular formula is C16H10F5N3O2S. The summed E-state index contributed by atoms with van der Waals surface area (Å²) in [5.74, 6) is -1.80. The van der Waals surface area contributed by atoms with Gasteiger partial charge in [-0.25, -0.2) is 27.0 Å². The van der Waals surface area contributed by atoms with E-state index in [4.69, 9.17) is 5.14 Å². The van der Waals surface area contributed by atoms with Crippen molar-refractivity contribution in [3.05, 3.63) is 65.9 Å². The molecule has 0 atom stereocenters. The highest BCUT2D eigenvalue weighted by Gasteiger charge is 2.35. The highest BCUT2D eigenvalue weighted by Crippen LogP contribution is 2.34. The summed E-state index contributed by atoms with van der Waals surface area (Å²) in [5.41, 5.74) is -2.12. The fraction of sp³-hybridized carbons (Fsp3) is 0.0625. The molecule has 2 aromatic carbocycles. The standard InChI is InChI=1S/C16H10F5N3O2S/c17-9-1-6-13(18)12(7-9)14-8-15(16(19,20)21)23-24(14)10-2-4-11(5-3-10)27(22,25)26/h1-8H,(H2,22,25,26). The molecule has 0 spiro atoms. The zero-order valence-electron chi connectivity index (χ0n) is 13.2. The average molecular weight is 403 g/mol. The molecule has 0 radical (unpaired) electrons. The molecule has 0 aliphatic heterocycles. The smallest absolute Gasteiger partial charge is 0.232 e. The molecule has 0 unspecified atom stereocenters. The second-order valence-electron chi connectivity index (χ2n) is 5.49. The summed E-state index contributed by atoms with van der Waals surface area (Å²) in [5, 5.41) is 8.39. The van der Waals surface area contributed by atoms with Gasteiger partial charge in [0, 0.05) is 5.56 Å². The normalized spacial score (nSPS) is 12.4. The molecule has 0 saturated carbocycles. The van der Waals surface area contributed by atoms with E-state index in [1.807, 2.05) is 0 Å². The van der Waals surface area contributed by atoms with Crippen LogP contribution in [0.15, 0.2) is 53.4 Å². The summed E-state index contributed by atoms with van der Waals surface area (Å²) in [6.45, 7) is 0. The number of benzene rings is 2. The second kappa shape index (κ2) is 6.43. The number of rotatable bonds is 3. The molecule has 0 aliphatic rings. The molecule has 0 fully saturated rings. The van der Waals surface area contributed by atoms with E-state index < -0.39 is 39.1 Å². The molecule has 3 rings (SSSR count). The largest absolute Gasteiger partial charge is 0.435 e. The Kier molecular flexibility index (Phi) is 4.52. The average Bonchev–Trinajstić information content (AvgIpc) is 3.02. The Morgan fingerprint density at radius 3 is 2.15 bits per heavy atom. The van der Waals surface area contributed by atoms with Crippen LogP contribution in [0.4, 0.5) is 22.0 Å². The van der Waals surface area contributed by atoms with E-state index in [-0.39, 0.29) is 16.3 Å². The van der Waals surface area contributed by atoms with Crippen molar-refractivity contribution in [2.75, 3.05) is 0 Å². The lowest BCUT2D eigenvalue weighted by molar-refractivity contribution is -0.141. The minimum atomic E-state index is -4.83. The number of nitrogens with two attached hydrogens (primary N) is 1. The number of sulfonamides is 1. The molecular weight excluding hydrogens is 393 g/mol. The van der Waals surface area contributed by atoms with Crippen LogP contribution in [0.5, 0.6) is 0 Å². The van der Waals surface area contributed by atoms with E-state index in [0.717, 1.165) is 47.1 Å². The number of hydrogen-bond acceptors (Lipinski definition) is 3. The lowest BCUT2D eigenvalue weighted by atomic mass is 10.1. The summed E-state index contributed by atoms with van der Waals surface area (Å²) in [4.78, 5) is -0.270. The molecule has 5 nitrogen and oxygen atoms in total. The third-order valence-electron chi connectivity index (χ3n) is 3.61. The third-order valence-corrected chi connectivity index (χ3v) is 4.54. The van der Waals surface area contributed by atoms with Gasteiger partial charge >= 0.3 is 6.18 Å². The van der Waals surface area contributed by atoms with Crippen molar-refractivity contribution in [2.24, 2.45) is 5.14 Å². The zero-order valence-corrected chi connectivity index (χ0v) is 14.0. The molecule has 11 heteroatoms. The van der Waals surface area contributed by atoms with Crippen molar-refractivity contribution in [1.29, 1.82) is 0 Å². The van der Waals surface area contributed by atoms with Gasteiger partial charge in [0.05, 0.1) is 16.3 Å². The van der Waals surface area contributed by atoms with Gasteiger partial charge in [0.25, 0.3) is 0 Å². The number of halogens is 5. The molecule has 3 aromatic rings. The monoisotopic (exact) mass is 403 g/mol. The number of nitrogens with zero attached hydrogens (tertiary/aromatic N) is 2. The highest BCUT2D eigenvalue weighted by atomic mass is 32.2. The summed E-state index contributed by atoms with van der Waals surface area (Å²) in [6.07, 6.45) is -4.83. The third kappa shape index (κ3) is 3.83. The van der Waals surface area contributed by atoms with Gasteiger partial charge in [0.1, 0.15) is 11.6 Å². The first-order valence-corrected chi connectivity index (χ1v) is 8.77. The van der Waals surface area contributed by atoms with Crippen LogP contribution in [0, 0.1) is 11.6 Å². The summed E-state index contributed by atoms with van der Waals surface area (Å²) >= 11 is 0. The van der Waals surface area contributed by atoms with Crippen LogP contribution in [0.25, 0.3) is 16.9 Å². The molecule has 0 aliphatic carbocycles. The molecule has 2 N–H and O–H groups in total. The molecule has 142 valence electrons. The first-order chi connectivity index (χ1) is 12.5. The Labute approximate surface area is 149 Å². The summed E-state index contributed by atoms with van der Waals surface area (Å²) < 4.78 is 90.2.